The lowest BCUT2D eigenvalue weighted by atomic mass is 10.4. The van der Waals surface area contributed by atoms with Crippen LogP contribution in [0.5, 0.6) is 0 Å². The molecule has 0 aliphatic heterocycles. The zero-order chi connectivity index (χ0) is 10.6. The predicted octanol–water partition coefficient (Wildman–Crippen LogP) is 1.35. The summed E-state index contributed by atoms with van der Waals surface area (Å²) in [4.78, 5) is 18.9. The SMILES string of the molecule is CCNc1nc(Cl)cc(C(=O)OC)n1. The van der Waals surface area contributed by atoms with E-state index in [1.807, 2.05) is 6.92 Å². The van der Waals surface area contributed by atoms with E-state index in [-0.39, 0.29) is 10.8 Å². The fourth-order valence-electron chi connectivity index (χ4n) is 0.864. The highest BCUT2D eigenvalue weighted by molar-refractivity contribution is 6.29. The standard InChI is InChI=1S/C8H10ClN3O2/c1-3-10-8-11-5(7(13)14-2)4-6(9)12-8/h4H,3H2,1-2H3,(H,10,11,12). The molecule has 1 rings (SSSR count). The highest BCUT2D eigenvalue weighted by atomic mass is 35.5. The molecule has 0 spiro atoms. The maximum Gasteiger partial charge on any atom is 0.356 e. The molecule has 0 bridgehead atoms. The Hall–Kier alpha value is -1.36. The number of nitrogens with zero attached hydrogens (tertiary/aromatic N) is 2. The molecule has 14 heavy (non-hydrogen) atoms. The van der Waals surface area contributed by atoms with Crippen molar-refractivity contribution in [2.24, 2.45) is 0 Å². The maximum atomic E-state index is 11.1. The number of carbonyl (C=O) groups is 1. The average molecular weight is 216 g/mol. The number of hydrogen-bond donors (Lipinski definition) is 1. The second-order valence-electron chi connectivity index (χ2n) is 2.42. The molecule has 0 unspecified atom stereocenters. The number of hydrogen-bond acceptors (Lipinski definition) is 5. The minimum absolute atomic E-state index is 0.142. The van der Waals surface area contributed by atoms with Gasteiger partial charge in [-0.25, -0.2) is 14.8 Å². The molecule has 1 N–H and O–H groups in total. The van der Waals surface area contributed by atoms with Crippen LogP contribution in [0.1, 0.15) is 17.4 Å². The van der Waals surface area contributed by atoms with Crippen molar-refractivity contribution in [1.29, 1.82) is 0 Å². The Bertz CT molecular complexity index is 343. The molecule has 0 aliphatic carbocycles. The number of methoxy groups -OCH3 is 1. The van der Waals surface area contributed by atoms with E-state index in [0.29, 0.717) is 12.5 Å². The number of aromatic nitrogens is 2. The van der Waals surface area contributed by atoms with Crippen molar-refractivity contribution < 1.29 is 9.53 Å². The summed E-state index contributed by atoms with van der Waals surface area (Å²) < 4.78 is 4.51. The first-order chi connectivity index (χ1) is 6.67. The van der Waals surface area contributed by atoms with Gasteiger partial charge in [0, 0.05) is 12.6 Å². The summed E-state index contributed by atoms with van der Waals surface area (Å²) in [5, 5.41) is 3.06. The van der Waals surface area contributed by atoms with Crippen LogP contribution in [0.15, 0.2) is 6.07 Å². The first-order valence-electron chi connectivity index (χ1n) is 4.04. The topological polar surface area (TPSA) is 64.1 Å². The molecule has 0 radical (unpaired) electrons. The Morgan fingerprint density at radius 3 is 2.93 bits per heavy atom. The van der Waals surface area contributed by atoms with Crippen LogP contribution in [0, 0.1) is 0 Å². The Morgan fingerprint density at radius 1 is 1.64 bits per heavy atom. The van der Waals surface area contributed by atoms with Gasteiger partial charge in [-0.05, 0) is 6.92 Å². The van der Waals surface area contributed by atoms with E-state index in [9.17, 15) is 4.79 Å². The Morgan fingerprint density at radius 2 is 2.36 bits per heavy atom. The summed E-state index contributed by atoms with van der Waals surface area (Å²) in [5.41, 5.74) is 0.142. The summed E-state index contributed by atoms with van der Waals surface area (Å²) in [6.07, 6.45) is 0. The van der Waals surface area contributed by atoms with Gasteiger partial charge in [-0.2, -0.15) is 0 Å². The second-order valence-corrected chi connectivity index (χ2v) is 2.81. The van der Waals surface area contributed by atoms with E-state index in [0.717, 1.165) is 0 Å². The van der Waals surface area contributed by atoms with Crippen molar-refractivity contribution in [3.05, 3.63) is 16.9 Å². The summed E-state index contributed by atoms with van der Waals surface area (Å²) in [5.74, 6) is -0.214. The van der Waals surface area contributed by atoms with Gasteiger partial charge in [0.05, 0.1) is 7.11 Å². The quantitative estimate of drug-likeness (QED) is 0.609. The van der Waals surface area contributed by atoms with Gasteiger partial charge in [-0.15, -0.1) is 0 Å². The zero-order valence-corrected chi connectivity index (χ0v) is 8.63. The molecule has 0 saturated heterocycles. The largest absolute Gasteiger partial charge is 0.464 e. The molecule has 0 atom stereocenters. The first kappa shape index (κ1) is 10.7. The molecule has 0 aliphatic rings. The van der Waals surface area contributed by atoms with Crippen LogP contribution in [0.3, 0.4) is 0 Å². The Balaban J connectivity index is 3.00. The van der Waals surface area contributed by atoms with E-state index in [1.165, 1.54) is 13.2 Å². The Labute approximate surface area is 86.5 Å². The molecule has 1 heterocycles. The number of ether oxygens (including phenoxy) is 1. The minimum atomic E-state index is -0.534. The van der Waals surface area contributed by atoms with Crippen LogP contribution in [0.2, 0.25) is 5.15 Å². The van der Waals surface area contributed by atoms with Gasteiger partial charge in [0.15, 0.2) is 5.69 Å². The highest BCUT2D eigenvalue weighted by Crippen LogP contribution is 2.10. The molecule has 1 aromatic rings. The van der Waals surface area contributed by atoms with Crippen molar-refractivity contribution in [3.8, 4) is 0 Å². The molecule has 6 heteroatoms. The molecule has 76 valence electrons. The first-order valence-corrected chi connectivity index (χ1v) is 4.42. The van der Waals surface area contributed by atoms with Crippen molar-refractivity contribution in [3.63, 3.8) is 0 Å². The molecule has 0 saturated carbocycles. The molecule has 5 nitrogen and oxygen atoms in total. The van der Waals surface area contributed by atoms with Crippen molar-refractivity contribution in [2.75, 3.05) is 19.0 Å². The molecular formula is C8H10ClN3O2. The Kier molecular flexibility index (Phi) is 3.64. The number of esters is 1. The van der Waals surface area contributed by atoms with Crippen molar-refractivity contribution in [2.45, 2.75) is 6.92 Å². The fourth-order valence-corrected chi connectivity index (χ4v) is 1.05. The number of carbonyl (C=O) groups excluding carboxylic acids is 1. The van der Waals surface area contributed by atoms with Gasteiger partial charge in [0.1, 0.15) is 5.15 Å². The van der Waals surface area contributed by atoms with Crippen LogP contribution in [-0.4, -0.2) is 29.6 Å². The molecule has 0 aromatic carbocycles. The van der Waals surface area contributed by atoms with E-state index >= 15 is 0 Å². The normalized spacial score (nSPS) is 9.64. The van der Waals surface area contributed by atoms with Gasteiger partial charge in [-0.1, -0.05) is 11.6 Å². The van der Waals surface area contributed by atoms with E-state index in [4.69, 9.17) is 11.6 Å². The number of anilines is 1. The van der Waals surface area contributed by atoms with Crippen molar-refractivity contribution in [1.82, 2.24) is 9.97 Å². The summed E-state index contributed by atoms with van der Waals surface area (Å²) >= 11 is 5.69. The summed E-state index contributed by atoms with van der Waals surface area (Å²) in [6, 6.07) is 1.36. The molecule has 0 fully saturated rings. The molecular weight excluding hydrogens is 206 g/mol. The number of halogens is 1. The van der Waals surface area contributed by atoms with Crippen LogP contribution in [0.25, 0.3) is 0 Å². The molecule has 0 amide bonds. The second kappa shape index (κ2) is 4.76. The minimum Gasteiger partial charge on any atom is -0.464 e. The molecule has 1 aromatic heterocycles. The lowest BCUT2D eigenvalue weighted by Crippen LogP contribution is -2.09. The lowest BCUT2D eigenvalue weighted by Gasteiger charge is -2.03. The van der Waals surface area contributed by atoms with Crippen molar-refractivity contribution >= 4 is 23.5 Å². The number of rotatable bonds is 3. The predicted molar refractivity (Wildman–Crippen MR) is 52.5 cm³/mol. The van der Waals surface area contributed by atoms with E-state index in [2.05, 4.69) is 20.0 Å². The summed E-state index contributed by atoms with van der Waals surface area (Å²) in [6.45, 7) is 2.54. The van der Waals surface area contributed by atoms with Crippen LogP contribution in [0.4, 0.5) is 5.95 Å². The number of nitrogens with one attached hydrogen (secondary N) is 1. The smallest absolute Gasteiger partial charge is 0.356 e. The third kappa shape index (κ3) is 2.56. The van der Waals surface area contributed by atoms with Gasteiger partial charge < -0.3 is 10.1 Å². The van der Waals surface area contributed by atoms with Gasteiger partial charge in [-0.3, -0.25) is 0 Å². The van der Waals surface area contributed by atoms with Gasteiger partial charge in [0.2, 0.25) is 5.95 Å². The highest BCUT2D eigenvalue weighted by Gasteiger charge is 2.10. The third-order valence-electron chi connectivity index (χ3n) is 1.42. The monoisotopic (exact) mass is 215 g/mol. The van der Waals surface area contributed by atoms with Crippen LogP contribution >= 0.6 is 11.6 Å². The van der Waals surface area contributed by atoms with Crippen LogP contribution in [-0.2, 0) is 4.74 Å². The average Bonchev–Trinajstić information content (AvgIpc) is 2.16. The van der Waals surface area contributed by atoms with Gasteiger partial charge >= 0.3 is 5.97 Å². The van der Waals surface area contributed by atoms with Crippen LogP contribution < -0.4 is 5.32 Å². The fraction of sp³-hybridized carbons (Fsp3) is 0.375. The lowest BCUT2D eigenvalue weighted by molar-refractivity contribution is 0.0594. The zero-order valence-electron chi connectivity index (χ0n) is 7.87. The third-order valence-corrected chi connectivity index (χ3v) is 1.62. The maximum absolute atomic E-state index is 11.1. The van der Waals surface area contributed by atoms with E-state index < -0.39 is 5.97 Å². The summed E-state index contributed by atoms with van der Waals surface area (Å²) in [7, 11) is 1.28. The van der Waals surface area contributed by atoms with E-state index in [1.54, 1.807) is 0 Å². The van der Waals surface area contributed by atoms with Gasteiger partial charge in [0.25, 0.3) is 0 Å².